The van der Waals surface area contributed by atoms with Crippen LogP contribution in [-0.4, -0.2) is 25.5 Å². The van der Waals surface area contributed by atoms with Crippen molar-refractivity contribution in [2.24, 2.45) is 0 Å². The molecule has 0 spiro atoms. The van der Waals surface area contributed by atoms with E-state index in [1.807, 2.05) is 0 Å². The van der Waals surface area contributed by atoms with Crippen LogP contribution in [0.15, 0.2) is 55.2 Å². The number of hydrogen-bond acceptors (Lipinski definition) is 4. The van der Waals surface area contributed by atoms with Crippen molar-refractivity contribution >= 4 is 11.6 Å². The minimum atomic E-state index is -0.635. The lowest BCUT2D eigenvalue weighted by molar-refractivity contribution is 0.102. The van der Waals surface area contributed by atoms with E-state index in [1.54, 1.807) is 29.4 Å². The highest BCUT2D eigenvalue weighted by atomic mass is 19.1. The molecule has 0 saturated carbocycles. The van der Waals surface area contributed by atoms with E-state index in [1.165, 1.54) is 18.3 Å². The molecule has 0 fully saturated rings. The van der Waals surface area contributed by atoms with Crippen molar-refractivity contribution < 1.29 is 14.3 Å². The highest BCUT2D eigenvalue weighted by molar-refractivity contribution is 6.04. The van der Waals surface area contributed by atoms with Gasteiger partial charge < -0.3 is 10.4 Å². The van der Waals surface area contributed by atoms with Gasteiger partial charge in [0, 0.05) is 42.0 Å². The molecule has 0 aliphatic rings. The van der Waals surface area contributed by atoms with Crippen LogP contribution in [0.25, 0.3) is 5.82 Å². The van der Waals surface area contributed by atoms with Crippen molar-refractivity contribution in [3.63, 3.8) is 0 Å². The van der Waals surface area contributed by atoms with Crippen LogP contribution in [0.1, 0.15) is 10.4 Å². The zero-order valence-electron chi connectivity index (χ0n) is 11.3. The fraction of sp³-hybridized carbons (Fsp3) is 0. The summed E-state index contributed by atoms with van der Waals surface area (Å²) in [5, 5.41) is 11.9. The number of aromatic hydroxyl groups is 1. The lowest BCUT2D eigenvalue weighted by Crippen LogP contribution is -2.12. The van der Waals surface area contributed by atoms with Crippen LogP contribution in [0.5, 0.6) is 5.75 Å². The second kappa shape index (κ2) is 5.65. The predicted molar refractivity (Wildman–Crippen MR) is 77.4 cm³/mol. The van der Waals surface area contributed by atoms with Gasteiger partial charge >= 0.3 is 0 Å². The number of amides is 1. The highest BCUT2D eigenvalue weighted by Crippen LogP contribution is 2.19. The smallest absolute Gasteiger partial charge is 0.255 e. The second-order valence-corrected chi connectivity index (χ2v) is 4.52. The molecule has 3 aromatic rings. The molecule has 0 saturated heterocycles. The van der Waals surface area contributed by atoms with Crippen LogP contribution in [0.2, 0.25) is 0 Å². The number of hydrogen-bond donors (Lipinski definition) is 2. The van der Waals surface area contributed by atoms with Crippen LogP contribution in [-0.2, 0) is 0 Å². The maximum absolute atomic E-state index is 13.2. The molecule has 2 heterocycles. The van der Waals surface area contributed by atoms with E-state index in [0.717, 1.165) is 12.1 Å². The molecule has 0 bridgehead atoms. The van der Waals surface area contributed by atoms with E-state index in [0.29, 0.717) is 11.4 Å². The van der Waals surface area contributed by atoms with Crippen molar-refractivity contribution in [1.82, 2.24) is 14.5 Å². The van der Waals surface area contributed by atoms with Gasteiger partial charge in [0.05, 0.1) is 0 Å². The van der Waals surface area contributed by atoms with Crippen molar-refractivity contribution in [1.29, 1.82) is 0 Å². The fourth-order valence-corrected chi connectivity index (χ4v) is 1.95. The first-order chi connectivity index (χ1) is 10.6. The lowest BCUT2D eigenvalue weighted by Gasteiger charge is -2.07. The summed E-state index contributed by atoms with van der Waals surface area (Å²) in [6, 6.07) is 6.46. The number of halogens is 1. The molecule has 2 N–H and O–H groups in total. The Balaban J connectivity index is 1.85. The number of aromatic nitrogens is 3. The van der Waals surface area contributed by atoms with Gasteiger partial charge in [0.15, 0.2) is 0 Å². The van der Waals surface area contributed by atoms with Crippen molar-refractivity contribution in [2.75, 3.05) is 5.32 Å². The third kappa shape index (κ3) is 2.93. The van der Waals surface area contributed by atoms with Crippen LogP contribution in [0, 0.1) is 5.82 Å². The quantitative estimate of drug-likeness (QED) is 0.778. The zero-order valence-corrected chi connectivity index (χ0v) is 11.3. The first-order valence-corrected chi connectivity index (χ1v) is 6.37. The van der Waals surface area contributed by atoms with E-state index in [9.17, 15) is 14.3 Å². The number of imidazole rings is 1. The normalized spacial score (nSPS) is 10.4. The Morgan fingerprint density at radius 1 is 1.23 bits per heavy atom. The molecule has 0 radical (unpaired) electrons. The molecule has 0 unspecified atom stereocenters. The summed E-state index contributed by atoms with van der Waals surface area (Å²) >= 11 is 0. The summed E-state index contributed by atoms with van der Waals surface area (Å²) in [5.41, 5.74) is 0.519. The monoisotopic (exact) mass is 298 g/mol. The number of carbonyl (C=O) groups is 1. The topological polar surface area (TPSA) is 80.0 Å². The average molecular weight is 298 g/mol. The molecule has 0 aliphatic heterocycles. The molecule has 6 nitrogen and oxygen atoms in total. The van der Waals surface area contributed by atoms with Gasteiger partial charge in [-0.05, 0) is 18.2 Å². The third-order valence-corrected chi connectivity index (χ3v) is 2.92. The standard InChI is InChI=1S/C15H11FN4O2/c16-11-6-12(8-13(21)7-11)19-15(22)10-1-2-18-14(5-10)20-4-3-17-9-20/h1-9,21H,(H,19,22). The molecule has 3 rings (SSSR count). The number of nitrogens with zero attached hydrogens (tertiary/aromatic N) is 3. The molecule has 22 heavy (non-hydrogen) atoms. The number of phenols is 1. The van der Waals surface area contributed by atoms with Crippen molar-refractivity contribution in [3.8, 4) is 11.6 Å². The molecule has 1 aromatic carbocycles. The van der Waals surface area contributed by atoms with Gasteiger partial charge in [-0.25, -0.2) is 14.4 Å². The maximum Gasteiger partial charge on any atom is 0.255 e. The van der Waals surface area contributed by atoms with Gasteiger partial charge in [-0.2, -0.15) is 0 Å². The summed E-state index contributed by atoms with van der Waals surface area (Å²) < 4.78 is 14.9. The summed E-state index contributed by atoms with van der Waals surface area (Å²) in [7, 11) is 0. The number of rotatable bonds is 3. The van der Waals surface area contributed by atoms with Crippen molar-refractivity contribution in [2.45, 2.75) is 0 Å². The minimum absolute atomic E-state index is 0.170. The van der Waals surface area contributed by atoms with E-state index in [2.05, 4.69) is 15.3 Å². The molecule has 0 aliphatic carbocycles. The zero-order chi connectivity index (χ0) is 15.5. The van der Waals surface area contributed by atoms with E-state index >= 15 is 0 Å². The largest absolute Gasteiger partial charge is 0.508 e. The number of nitrogens with one attached hydrogen (secondary N) is 1. The SMILES string of the molecule is O=C(Nc1cc(O)cc(F)c1)c1ccnc(-n2ccnc2)c1. The number of anilines is 1. The molecule has 1 amide bonds. The number of benzene rings is 1. The van der Waals surface area contributed by atoms with Gasteiger partial charge in [0.1, 0.15) is 23.7 Å². The first-order valence-electron chi connectivity index (χ1n) is 6.37. The molecular formula is C15H11FN4O2. The fourth-order valence-electron chi connectivity index (χ4n) is 1.95. The van der Waals surface area contributed by atoms with Gasteiger partial charge in [-0.3, -0.25) is 9.36 Å². The summed E-state index contributed by atoms with van der Waals surface area (Å²) in [6.07, 6.45) is 6.36. The van der Waals surface area contributed by atoms with E-state index in [-0.39, 0.29) is 11.4 Å². The Labute approximate surface area is 124 Å². The van der Waals surface area contributed by atoms with Gasteiger partial charge in [0.25, 0.3) is 5.91 Å². The molecule has 110 valence electrons. The number of carbonyl (C=O) groups excluding carboxylic acids is 1. The molecule has 2 aromatic heterocycles. The Bertz CT molecular complexity index is 798. The van der Waals surface area contributed by atoms with Gasteiger partial charge in [-0.15, -0.1) is 0 Å². The lowest BCUT2D eigenvalue weighted by atomic mass is 10.2. The number of phenolic OH excluding ortho intramolecular Hbond substituents is 1. The minimum Gasteiger partial charge on any atom is -0.508 e. The summed E-state index contributed by atoms with van der Waals surface area (Å²) in [4.78, 5) is 20.2. The second-order valence-electron chi connectivity index (χ2n) is 4.52. The van der Waals surface area contributed by atoms with Crippen LogP contribution < -0.4 is 5.32 Å². The van der Waals surface area contributed by atoms with E-state index in [4.69, 9.17) is 0 Å². The number of pyridine rings is 1. The van der Waals surface area contributed by atoms with Crippen LogP contribution in [0.4, 0.5) is 10.1 Å². The van der Waals surface area contributed by atoms with Gasteiger partial charge in [0.2, 0.25) is 0 Å². The van der Waals surface area contributed by atoms with Gasteiger partial charge in [-0.1, -0.05) is 0 Å². The van der Waals surface area contributed by atoms with E-state index < -0.39 is 11.7 Å². The molecular weight excluding hydrogens is 287 g/mol. The van der Waals surface area contributed by atoms with Crippen LogP contribution in [0.3, 0.4) is 0 Å². The Morgan fingerprint density at radius 3 is 2.82 bits per heavy atom. The van der Waals surface area contributed by atoms with Crippen molar-refractivity contribution in [3.05, 3.63) is 66.6 Å². The Morgan fingerprint density at radius 2 is 2.09 bits per heavy atom. The Hall–Kier alpha value is -3.22. The van der Waals surface area contributed by atoms with Crippen LogP contribution >= 0.6 is 0 Å². The Kier molecular flexibility index (Phi) is 3.53. The highest BCUT2D eigenvalue weighted by Gasteiger charge is 2.09. The third-order valence-electron chi connectivity index (χ3n) is 2.92. The summed E-state index contributed by atoms with van der Waals surface area (Å²) in [6.45, 7) is 0. The first kappa shape index (κ1) is 13.7. The summed E-state index contributed by atoms with van der Waals surface area (Å²) in [5.74, 6) is -0.797. The average Bonchev–Trinajstić information content (AvgIpc) is 3.00. The molecule has 0 atom stereocenters. The maximum atomic E-state index is 13.2. The molecule has 7 heteroatoms. The predicted octanol–water partition coefficient (Wildman–Crippen LogP) is 2.36.